The Balaban J connectivity index is 0.000000160. The van der Waals surface area contributed by atoms with Crippen molar-refractivity contribution in [2.75, 3.05) is 26.2 Å². The van der Waals surface area contributed by atoms with Gasteiger partial charge in [-0.15, -0.1) is 0 Å². The molecule has 0 radical (unpaired) electrons. The quantitative estimate of drug-likeness (QED) is 0.128. The Morgan fingerprint density at radius 2 is 1.02 bits per heavy atom. The maximum atomic E-state index is 14.7. The molecule has 0 aliphatic carbocycles. The van der Waals surface area contributed by atoms with Crippen LogP contribution in [-0.4, -0.2) is 41.1 Å². The lowest BCUT2D eigenvalue weighted by Gasteiger charge is -2.24. The topological polar surface area (TPSA) is 89.7 Å². The molecule has 0 amide bonds. The molecule has 7 nitrogen and oxygen atoms in total. The van der Waals surface area contributed by atoms with Crippen LogP contribution in [-0.2, 0) is 0 Å². The predicted octanol–water partition coefficient (Wildman–Crippen LogP) is 13.0. The summed E-state index contributed by atoms with van der Waals surface area (Å²) in [7, 11) is 0. The Morgan fingerprint density at radius 1 is 0.540 bits per heavy atom. The van der Waals surface area contributed by atoms with Crippen LogP contribution >= 0.6 is 46.4 Å². The van der Waals surface area contributed by atoms with E-state index in [1.807, 2.05) is 72.8 Å². The average molecular weight is 921 g/mol. The van der Waals surface area contributed by atoms with Crippen molar-refractivity contribution in [1.82, 2.24) is 25.6 Å². The molecule has 2 saturated heterocycles. The number of hydrogen-bond donors (Lipinski definition) is 2. The van der Waals surface area contributed by atoms with E-state index in [9.17, 15) is 14.0 Å². The number of piperidine rings is 2. The third kappa shape index (κ3) is 8.71. The van der Waals surface area contributed by atoms with E-state index in [-0.39, 0.29) is 22.7 Å². The minimum Gasteiger partial charge on any atom is -0.618 e. The Hall–Kier alpha value is -5.26. The molecular weight excluding hydrogens is 880 g/mol. The van der Waals surface area contributed by atoms with Gasteiger partial charge in [0, 0.05) is 73.0 Å². The van der Waals surface area contributed by atoms with Gasteiger partial charge in [-0.3, -0.25) is 9.97 Å². The smallest absolute Gasteiger partial charge is 0.256 e. The number of rotatable bonds is 6. The summed E-state index contributed by atoms with van der Waals surface area (Å²) < 4.78 is 30.0. The maximum Gasteiger partial charge on any atom is 0.256 e. The number of nitrogens with one attached hydrogen (secondary N) is 2. The zero-order chi connectivity index (χ0) is 43.6. The summed E-state index contributed by atoms with van der Waals surface area (Å²) >= 11 is 26.2. The first-order valence-electron chi connectivity index (χ1n) is 20.8. The second kappa shape index (κ2) is 18.8. The molecule has 2 aliphatic rings. The minimum absolute atomic E-state index is 0.137. The predicted molar refractivity (Wildman–Crippen MR) is 252 cm³/mol. The molecule has 8 aromatic rings. The second-order valence-corrected chi connectivity index (χ2v) is 17.3. The molecule has 10 rings (SSSR count). The van der Waals surface area contributed by atoms with E-state index < -0.39 is 11.6 Å². The lowest BCUT2D eigenvalue weighted by atomic mass is 9.90. The fraction of sp³-hybridized carbons (Fsp3) is 0.200. The highest BCUT2D eigenvalue weighted by atomic mass is 35.5. The molecule has 318 valence electrons. The summed E-state index contributed by atoms with van der Waals surface area (Å²) in [5.74, 6) is -1.08. The molecule has 0 saturated carbocycles. The van der Waals surface area contributed by atoms with Crippen LogP contribution in [0.5, 0.6) is 0 Å². The average Bonchev–Trinajstić information content (AvgIpc) is 3.30. The maximum absolute atomic E-state index is 14.7. The number of benzene rings is 4. The van der Waals surface area contributed by atoms with Crippen LogP contribution in [0.2, 0.25) is 20.1 Å². The Bertz CT molecular complexity index is 2950. The van der Waals surface area contributed by atoms with Crippen molar-refractivity contribution in [2.45, 2.75) is 37.5 Å². The van der Waals surface area contributed by atoms with Gasteiger partial charge in [0.2, 0.25) is 0 Å². The lowest BCUT2D eigenvalue weighted by molar-refractivity contribution is -0.592. The molecule has 4 aromatic carbocycles. The first kappa shape index (κ1) is 43.0. The van der Waals surface area contributed by atoms with Gasteiger partial charge >= 0.3 is 0 Å². The van der Waals surface area contributed by atoms with Crippen molar-refractivity contribution in [1.29, 1.82) is 0 Å². The normalized spacial score (nSPS) is 14.8. The van der Waals surface area contributed by atoms with Gasteiger partial charge < -0.3 is 15.8 Å². The number of pyridine rings is 4. The van der Waals surface area contributed by atoms with Crippen LogP contribution in [0.1, 0.15) is 48.9 Å². The summed E-state index contributed by atoms with van der Waals surface area (Å²) in [4.78, 5) is 14.6. The van der Waals surface area contributed by atoms with E-state index in [4.69, 9.17) is 56.4 Å². The van der Waals surface area contributed by atoms with Gasteiger partial charge in [0.25, 0.3) is 5.69 Å². The van der Waals surface area contributed by atoms with Crippen molar-refractivity contribution in [3.8, 4) is 44.8 Å². The molecule has 0 bridgehead atoms. The van der Waals surface area contributed by atoms with Crippen molar-refractivity contribution in [3.63, 3.8) is 0 Å². The molecule has 63 heavy (non-hydrogen) atoms. The van der Waals surface area contributed by atoms with E-state index in [1.165, 1.54) is 12.3 Å². The van der Waals surface area contributed by atoms with Crippen LogP contribution in [0.3, 0.4) is 0 Å². The number of halogens is 6. The standard InChI is InChI=1S/C25H20Cl3N3.C25H20ClF2N3O/c26-19-5-2-1-4-16(19)18-14-22(15-8-11-29-12-9-15)31-24-17(18)10-13-30-25(24)23-20(27)6-3-7-21(23)28;26-19-5-2-1-4-16(19)18-14-22(15-8-11-29-12-9-15)30-24-17(18)10-13-31(32)25(24)23-20(27)6-3-7-21(23)28/h1-7,10,13-15,29H,8-9,11-12H2;1-7,10,13-15,29H,8-9,11-12H2. The summed E-state index contributed by atoms with van der Waals surface area (Å²) in [5, 5.41) is 23.6. The van der Waals surface area contributed by atoms with Crippen LogP contribution in [0.15, 0.2) is 122 Å². The zero-order valence-corrected chi connectivity index (χ0v) is 36.8. The van der Waals surface area contributed by atoms with E-state index in [1.54, 1.807) is 18.3 Å². The van der Waals surface area contributed by atoms with Gasteiger partial charge in [-0.25, -0.2) is 13.8 Å². The Labute approximate surface area is 383 Å². The highest BCUT2D eigenvalue weighted by molar-refractivity contribution is 6.39. The summed E-state index contributed by atoms with van der Waals surface area (Å²) in [6.07, 6.45) is 6.90. The summed E-state index contributed by atoms with van der Waals surface area (Å²) in [5.41, 5.74) is 7.38. The molecule has 6 heterocycles. The molecule has 2 aliphatic heterocycles. The van der Waals surface area contributed by atoms with Crippen LogP contribution in [0.25, 0.3) is 66.6 Å². The third-order valence-electron chi connectivity index (χ3n) is 11.9. The first-order valence-corrected chi connectivity index (χ1v) is 22.4. The number of hydrogen-bond acceptors (Lipinski definition) is 6. The Kier molecular flexibility index (Phi) is 12.9. The largest absolute Gasteiger partial charge is 0.618 e. The highest BCUT2D eigenvalue weighted by Crippen LogP contribution is 2.43. The van der Waals surface area contributed by atoms with Crippen LogP contribution in [0.4, 0.5) is 8.78 Å². The second-order valence-electron chi connectivity index (χ2n) is 15.7. The first-order chi connectivity index (χ1) is 30.7. The van der Waals surface area contributed by atoms with Crippen molar-refractivity contribution < 1.29 is 13.5 Å². The minimum atomic E-state index is -0.810. The molecule has 0 spiro atoms. The summed E-state index contributed by atoms with van der Waals surface area (Å²) in [6.45, 7) is 3.69. The van der Waals surface area contributed by atoms with Crippen LogP contribution in [0, 0.1) is 16.8 Å². The number of fused-ring (bicyclic) bond motifs is 2. The van der Waals surface area contributed by atoms with Gasteiger partial charge in [-0.2, -0.15) is 4.73 Å². The third-order valence-corrected chi connectivity index (χ3v) is 13.2. The molecule has 2 fully saturated rings. The van der Waals surface area contributed by atoms with Gasteiger partial charge in [0.1, 0.15) is 22.7 Å². The van der Waals surface area contributed by atoms with Gasteiger partial charge in [0.05, 0.1) is 21.3 Å². The zero-order valence-electron chi connectivity index (χ0n) is 33.8. The molecule has 0 unspecified atom stereocenters. The van der Waals surface area contributed by atoms with Gasteiger partial charge in [0.15, 0.2) is 6.20 Å². The molecule has 13 heteroatoms. The van der Waals surface area contributed by atoms with E-state index in [2.05, 4.69) is 21.7 Å². The van der Waals surface area contributed by atoms with Crippen molar-refractivity contribution >= 4 is 68.2 Å². The number of nitrogens with zero attached hydrogens (tertiary/aromatic N) is 4. The fourth-order valence-electron chi connectivity index (χ4n) is 8.73. The van der Waals surface area contributed by atoms with E-state index in [0.717, 1.165) is 109 Å². The van der Waals surface area contributed by atoms with E-state index in [0.29, 0.717) is 47.4 Å². The SMILES string of the molecule is Clc1ccccc1-c1cc(C2CCNCC2)nc2c(-c3c(Cl)cccc3Cl)nccc12.[O-][n+]1ccc2c(-c3ccccc3Cl)cc(C3CCNCC3)nc2c1-c1c(F)cccc1F. The molecule has 0 atom stereocenters. The number of aromatic nitrogens is 4. The van der Waals surface area contributed by atoms with E-state index >= 15 is 0 Å². The van der Waals surface area contributed by atoms with Crippen molar-refractivity contribution in [3.05, 3.63) is 170 Å². The molecule has 2 N–H and O–H groups in total. The van der Waals surface area contributed by atoms with Crippen molar-refractivity contribution in [2.24, 2.45) is 0 Å². The molecule has 4 aromatic heterocycles. The molecular formula is C50H40Cl4F2N6O. The Morgan fingerprint density at radius 3 is 1.56 bits per heavy atom. The summed E-state index contributed by atoms with van der Waals surface area (Å²) in [6, 6.07) is 32.2. The van der Waals surface area contributed by atoms with Gasteiger partial charge in [-0.1, -0.05) is 94.9 Å². The lowest BCUT2D eigenvalue weighted by Crippen LogP contribution is -2.30. The fourth-order valence-corrected chi connectivity index (χ4v) is 9.79. The monoisotopic (exact) mass is 918 g/mol. The van der Waals surface area contributed by atoms with Gasteiger partial charge in [-0.05, 0) is 118 Å². The highest BCUT2D eigenvalue weighted by Gasteiger charge is 2.28. The van der Waals surface area contributed by atoms with Crippen LogP contribution < -0.4 is 15.4 Å².